The molecule has 1 aromatic rings. The van der Waals surface area contributed by atoms with Gasteiger partial charge < -0.3 is 25.0 Å². The Hall–Kier alpha value is -3.29. The van der Waals surface area contributed by atoms with Gasteiger partial charge in [-0.15, -0.1) is 17.4 Å². The van der Waals surface area contributed by atoms with Gasteiger partial charge in [0.2, 0.25) is 0 Å². The Morgan fingerprint density at radius 2 is 1.67 bits per heavy atom. The number of carbonyl (C=O) groups excluding carboxylic acids is 1. The summed E-state index contributed by atoms with van der Waals surface area (Å²) in [6.45, 7) is 18.1. The molecule has 1 aliphatic rings. The summed E-state index contributed by atoms with van der Waals surface area (Å²) >= 11 is 0. The maximum Gasteiger partial charge on any atom is 0.303 e. The van der Waals surface area contributed by atoms with Crippen LogP contribution in [0.25, 0.3) is 0 Å². The van der Waals surface area contributed by atoms with Crippen LogP contribution in [0.5, 0.6) is 0 Å². The third kappa shape index (κ3) is 30.1. The zero-order chi connectivity index (χ0) is 42.1. The molecular weight excluding hydrogens is 712 g/mol. The minimum atomic E-state index is -2.06. The summed E-state index contributed by atoms with van der Waals surface area (Å²) in [5.41, 5.74) is 4.88. The van der Waals surface area contributed by atoms with Gasteiger partial charge in [0.1, 0.15) is 13.0 Å². The predicted molar refractivity (Wildman–Crippen MR) is 226 cm³/mol. The number of carbonyl (C=O) groups is 3. The lowest BCUT2D eigenvalue weighted by atomic mass is 10.00. The quantitative estimate of drug-likeness (QED) is 0.0637. The normalized spacial score (nSPS) is 16.6. The Bertz CT molecular complexity index is 1220. The van der Waals surface area contributed by atoms with Gasteiger partial charge in [0.15, 0.2) is 0 Å². The fourth-order valence-electron chi connectivity index (χ4n) is 5.08. The van der Waals surface area contributed by atoms with Gasteiger partial charge in [-0.2, -0.15) is 0 Å². The smallest absolute Gasteiger partial charge is 0.303 e. The number of likely N-dealkylation sites (N-methyl/N-ethyl adjacent to an activating group) is 1. The third-order valence-corrected chi connectivity index (χ3v) is 9.95. The van der Waals surface area contributed by atoms with Crippen LogP contribution in [0.2, 0.25) is 0 Å². The first-order chi connectivity index (χ1) is 25.5. The second-order valence-electron chi connectivity index (χ2n) is 13.0. The molecule has 0 fully saturated rings. The van der Waals surface area contributed by atoms with Crippen molar-refractivity contribution in [2.24, 2.45) is 5.92 Å². The molecule has 54 heavy (non-hydrogen) atoms. The number of aliphatic hydroxyl groups excluding tert-OH is 1. The van der Waals surface area contributed by atoms with Crippen molar-refractivity contribution in [3.05, 3.63) is 77.9 Å². The highest BCUT2D eigenvalue weighted by molar-refractivity contribution is 8.22. The number of halogens is 1. The van der Waals surface area contributed by atoms with Crippen molar-refractivity contribution >= 4 is 35.2 Å². The number of allylic oxidation sites excluding steroid dienone is 4. The van der Waals surface area contributed by atoms with Crippen LogP contribution in [-0.2, 0) is 25.0 Å². The highest BCUT2D eigenvalue weighted by Gasteiger charge is 2.15. The van der Waals surface area contributed by atoms with E-state index in [0.717, 1.165) is 70.4 Å². The number of hydrogen-bond donors (Lipinski definition) is 5. The summed E-state index contributed by atoms with van der Waals surface area (Å²) < 4.78 is 30.4. The molecule has 0 amide bonds. The Morgan fingerprint density at radius 3 is 2.11 bits per heavy atom. The lowest BCUT2D eigenvalue weighted by molar-refractivity contribution is -0.137. The molecule has 1 aliphatic carbocycles. The number of carboxylic acids is 2. The number of aliphatic hydroxyl groups is 1. The molecule has 1 aromatic carbocycles. The summed E-state index contributed by atoms with van der Waals surface area (Å²) in [4.78, 5) is 29.5. The molecular formula is C42H73FN2O8S. The number of aliphatic carboxylic acids is 2. The van der Waals surface area contributed by atoms with Crippen LogP contribution in [-0.4, -0.2) is 83.9 Å². The molecule has 5 N–H and O–H groups in total. The molecule has 2 rings (SSSR count). The highest BCUT2D eigenvalue weighted by atomic mass is 32.3. The lowest BCUT2D eigenvalue weighted by Crippen LogP contribution is -2.31. The fourth-order valence-corrected chi connectivity index (χ4v) is 5.72. The number of unbranched alkanes of at least 4 members (excludes halogenated alkanes) is 3. The van der Waals surface area contributed by atoms with E-state index in [4.69, 9.17) is 24.0 Å². The molecule has 312 valence electrons. The number of benzene rings is 1. The van der Waals surface area contributed by atoms with Crippen molar-refractivity contribution in [1.29, 1.82) is 0 Å². The summed E-state index contributed by atoms with van der Waals surface area (Å²) in [6.07, 6.45) is 19.2. The minimum Gasteiger partial charge on any atom is -0.481 e. The van der Waals surface area contributed by atoms with Gasteiger partial charge in [0, 0.05) is 51.3 Å². The number of nitrogens with one attached hydrogen (secondary N) is 1. The summed E-state index contributed by atoms with van der Waals surface area (Å²) in [7, 11) is 1.64. The SMILES string of the molecule is C/C=C(\C)C(CC)N(C)c1ccc(CCCCNS(C)(O)OC)cc1.C=CC(C)CCCCCC(=O)O.C=O.CC(=O)O.CCC(O)C1=CCC(F)C=C1. The average Bonchev–Trinajstić information content (AvgIpc) is 3.15. The third-order valence-electron chi connectivity index (χ3n) is 8.57. The van der Waals surface area contributed by atoms with Crippen LogP contribution in [0, 0.1) is 5.92 Å². The molecule has 5 atom stereocenters. The summed E-state index contributed by atoms with van der Waals surface area (Å²) in [5.74, 6) is -0.957. The van der Waals surface area contributed by atoms with Crippen molar-refractivity contribution in [1.82, 2.24) is 4.72 Å². The van der Waals surface area contributed by atoms with E-state index in [9.17, 15) is 18.8 Å². The molecule has 12 heteroatoms. The molecule has 0 bridgehead atoms. The molecule has 0 saturated carbocycles. The molecule has 5 unspecified atom stereocenters. The van der Waals surface area contributed by atoms with Crippen LogP contribution in [0.15, 0.2) is 72.4 Å². The van der Waals surface area contributed by atoms with Crippen molar-refractivity contribution in [3.63, 3.8) is 0 Å². The maximum absolute atomic E-state index is 12.5. The van der Waals surface area contributed by atoms with Crippen LogP contribution >= 0.6 is 10.8 Å². The minimum absolute atomic E-state index is 0.308. The Labute approximate surface area is 328 Å². The number of alkyl halides is 1. The number of hydrogen-bond acceptors (Lipinski definition) is 8. The lowest BCUT2D eigenvalue weighted by Gasteiger charge is -2.32. The fraction of sp³-hybridized carbons (Fsp3) is 0.595. The molecule has 0 spiro atoms. The van der Waals surface area contributed by atoms with Gasteiger partial charge in [-0.3, -0.25) is 18.3 Å². The van der Waals surface area contributed by atoms with E-state index in [-0.39, 0.29) is 0 Å². The monoisotopic (exact) mass is 785 g/mol. The van der Waals surface area contributed by atoms with Gasteiger partial charge >= 0.3 is 5.97 Å². The van der Waals surface area contributed by atoms with Crippen LogP contribution in [0.1, 0.15) is 111 Å². The van der Waals surface area contributed by atoms with E-state index in [2.05, 4.69) is 81.3 Å². The number of rotatable bonds is 20. The zero-order valence-corrected chi connectivity index (χ0v) is 35.4. The first kappa shape index (κ1) is 55.1. The standard InChI is InChI=1S/C20H36N2O2S.C10H18O2.C9H13FO.C2H4O2.CH2O/c1-7-17(3)20(8-2)22(4)19-14-12-18(13-15-19)11-9-10-16-21-25(6,23)24-5;1-3-9(2)7-5-4-6-8-10(11)12;1-2-9(11)7-3-5-8(10)6-4-7;1-2(3)4;1-2/h7,12-15,20-21,23H,8-11,16H2,1-6H3;3,9H,1,4-8H2,2H3,(H,11,12);3-5,8-9,11H,2,6H2,1H3;1H3,(H,3,4);1H2/b17-7+;;;;. The first-order valence-corrected chi connectivity index (χ1v) is 20.7. The first-order valence-electron chi connectivity index (χ1n) is 18.8. The predicted octanol–water partition coefficient (Wildman–Crippen LogP) is 9.89. The van der Waals surface area contributed by atoms with E-state index in [1.807, 2.05) is 19.8 Å². The van der Waals surface area contributed by atoms with Crippen molar-refractivity contribution in [2.45, 2.75) is 130 Å². The maximum atomic E-state index is 12.5. The van der Waals surface area contributed by atoms with E-state index in [1.165, 1.54) is 30.0 Å². The van der Waals surface area contributed by atoms with Crippen LogP contribution < -0.4 is 9.62 Å². The van der Waals surface area contributed by atoms with Gasteiger partial charge in [-0.1, -0.05) is 81.7 Å². The molecule has 0 radical (unpaired) electrons. The zero-order valence-electron chi connectivity index (χ0n) is 34.6. The molecule has 0 saturated heterocycles. The number of aryl methyl sites for hydroxylation is 1. The number of carboxylic acid groups (broad SMARTS) is 2. The van der Waals surface area contributed by atoms with Crippen molar-refractivity contribution in [3.8, 4) is 0 Å². The molecule has 0 aliphatic heterocycles. The van der Waals surface area contributed by atoms with E-state index < -0.39 is 35.0 Å². The second kappa shape index (κ2) is 34.2. The Kier molecular flexibility index (Phi) is 34.9. The van der Waals surface area contributed by atoms with Gasteiger partial charge in [0.25, 0.3) is 5.97 Å². The average molecular weight is 785 g/mol. The van der Waals surface area contributed by atoms with E-state index in [0.29, 0.717) is 31.2 Å². The van der Waals surface area contributed by atoms with Crippen molar-refractivity contribution in [2.75, 3.05) is 31.9 Å². The molecule has 0 heterocycles. The second-order valence-corrected chi connectivity index (χ2v) is 15.2. The topological polar surface area (TPSA) is 157 Å². The Morgan fingerprint density at radius 1 is 1.07 bits per heavy atom. The van der Waals surface area contributed by atoms with Crippen LogP contribution in [0.4, 0.5) is 10.1 Å². The summed E-state index contributed by atoms with van der Waals surface area (Å²) in [5, 5.41) is 25.1. The molecule has 10 nitrogen and oxygen atoms in total. The van der Waals surface area contributed by atoms with Crippen LogP contribution in [0.3, 0.4) is 0 Å². The van der Waals surface area contributed by atoms with Crippen molar-refractivity contribution < 1.29 is 42.8 Å². The van der Waals surface area contributed by atoms with Gasteiger partial charge in [-0.25, -0.2) is 9.11 Å². The largest absolute Gasteiger partial charge is 0.481 e. The van der Waals surface area contributed by atoms with E-state index in [1.54, 1.807) is 18.4 Å². The summed E-state index contributed by atoms with van der Waals surface area (Å²) in [6, 6.07) is 9.36. The van der Waals surface area contributed by atoms with Gasteiger partial charge in [-0.05, 0) is 88.0 Å². The Balaban J connectivity index is -0.000000744. The van der Waals surface area contributed by atoms with Gasteiger partial charge in [0.05, 0.1) is 13.2 Å². The van der Waals surface area contributed by atoms with E-state index >= 15 is 0 Å². The highest BCUT2D eigenvalue weighted by Crippen LogP contribution is 2.33. The number of nitrogens with zero attached hydrogens (tertiary/aromatic N) is 1. The molecule has 0 aromatic heterocycles. The number of anilines is 1.